The van der Waals surface area contributed by atoms with Crippen LogP contribution in [-0.2, 0) is 0 Å². The first-order valence-electron chi connectivity index (χ1n) is 9.63. The predicted molar refractivity (Wildman–Crippen MR) is 109 cm³/mol. The Morgan fingerprint density at radius 1 is 1.25 bits per heavy atom. The number of carbonyl (C=O) groups excluding carboxylic acids is 1. The number of rotatable bonds is 7. The Balaban J connectivity index is 1.61. The maximum atomic E-state index is 11.9. The van der Waals surface area contributed by atoms with E-state index >= 15 is 0 Å². The van der Waals surface area contributed by atoms with Crippen molar-refractivity contribution in [1.29, 1.82) is 0 Å². The molecule has 150 valence electrons. The van der Waals surface area contributed by atoms with Gasteiger partial charge in [0.2, 0.25) is 0 Å². The summed E-state index contributed by atoms with van der Waals surface area (Å²) in [6.45, 7) is 9.27. The van der Waals surface area contributed by atoms with Gasteiger partial charge < -0.3 is 20.7 Å². The molecule has 0 atom stereocenters. The maximum absolute atomic E-state index is 11.9. The van der Waals surface area contributed by atoms with Crippen molar-refractivity contribution in [2.45, 2.75) is 6.92 Å². The molecular formula is C20H28N6O2. The van der Waals surface area contributed by atoms with E-state index < -0.39 is 0 Å². The van der Waals surface area contributed by atoms with E-state index in [1.807, 2.05) is 24.3 Å². The molecule has 8 heteroatoms. The second-order valence-electron chi connectivity index (χ2n) is 6.72. The molecule has 2 aromatic rings. The van der Waals surface area contributed by atoms with Crippen LogP contribution in [0.25, 0.3) is 11.3 Å². The Morgan fingerprint density at radius 2 is 2.00 bits per heavy atom. The lowest BCUT2D eigenvalue weighted by Gasteiger charge is -2.33. The predicted octanol–water partition coefficient (Wildman–Crippen LogP) is 1.10. The summed E-state index contributed by atoms with van der Waals surface area (Å²) in [6, 6.07) is 7.64. The number of likely N-dealkylation sites (N-methyl/N-ethyl adjacent to an activating group) is 1. The first-order chi connectivity index (χ1) is 13.6. The van der Waals surface area contributed by atoms with E-state index in [9.17, 15) is 4.79 Å². The van der Waals surface area contributed by atoms with E-state index in [0.717, 1.165) is 50.6 Å². The van der Waals surface area contributed by atoms with Crippen LogP contribution in [0.4, 0.5) is 5.82 Å². The van der Waals surface area contributed by atoms with Crippen LogP contribution in [0.2, 0.25) is 0 Å². The summed E-state index contributed by atoms with van der Waals surface area (Å²) in [5.74, 6) is 0.519. The number of ether oxygens (including phenoxy) is 1. The molecule has 1 aromatic heterocycles. The molecule has 1 aliphatic rings. The van der Waals surface area contributed by atoms with Crippen molar-refractivity contribution in [3.8, 4) is 17.0 Å². The molecule has 1 saturated heterocycles. The zero-order chi connectivity index (χ0) is 19.9. The van der Waals surface area contributed by atoms with Crippen molar-refractivity contribution in [2.75, 3.05) is 58.7 Å². The van der Waals surface area contributed by atoms with Crippen LogP contribution in [0.1, 0.15) is 17.4 Å². The van der Waals surface area contributed by atoms with Crippen LogP contribution in [0.15, 0.2) is 30.5 Å². The number of nitrogens with zero attached hydrogens (tertiary/aromatic N) is 4. The standard InChI is InChI=1S/C20H28N6O2/c1-3-25-7-9-26(10-8-25)11-12-28-16-6-4-5-15(13-16)17-14-23-19(21)18(24-17)20(27)22-2/h4-6,13-14H,3,7-12H2,1-2H3,(H2,21,23)(H,22,27). The molecule has 0 radical (unpaired) electrons. The second kappa shape index (κ2) is 9.48. The number of carbonyl (C=O) groups is 1. The summed E-state index contributed by atoms with van der Waals surface area (Å²) in [6.07, 6.45) is 1.56. The number of nitrogens with one attached hydrogen (secondary N) is 1. The van der Waals surface area contributed by atoms with Gasteiger partial charge in [0.05, 0.1) is 11.9 Å². The van der Waals surface area contributed by atoms with Gasteiger partial charge in [0.1, 0.15) is 12.4 Å². The third-order valence-corrected chi connectivity index (χ3v) is 4.96. The van der Waals surface area contributed by atoms with Gasteiger partial charge in [0.25, 0.3) is 5.91 Å². The molecule has 28 heavy (non-hydrogen) atoms. The quantitative estimate of drug-likeness (QED) is 0.738. The normalized spacial score (nSPS) is 15.4. The minimum Gasteiger partial charge on any atom is -0.492 e. The first kappa shape index (κ1) is 20.0. The summed E-state index contributed by atoms with van der Waals surface area (Å²) >= 11 is 0. The maximum Gasteiger partial charge on any atom is 0.273 e. The smallest absolute Gasteiger partial charge is 0.273 e. The van der Waals surface area contributed by atoms with Crippen molar-refractivity contribution in [3.63, 3.8) is 0 Å². The molecule has 1 aliphatic heterocycles. The molecule has 0 saturated carbocycles. The summed E-state index contributed by atoms with van der Waals surface area (Å²) in [7, 11) is 1.53. The summed E-state index contributed by atoms with van der Waals surface area (Å²) in [5, 5.41) is 2.52. The van der Waals surface area contributed by atoms with E-state index in [-0.39, 0.29) is 17.4 Å². The van der Waals surface area contributed by atoms with Gasteiger partial charge in [-0.1, -0.05) is 19.1 Å². The Morgan fingerprint density at radius 3 is 2.71 bits per heavy atom. The molecule has 1 amide bonds. The van der Waals surface area contributed by atoms with Crippen LogP contribution in [-0.4, -0.2) is 78.6 Å². The van der Waals surface area contributed by atoms with Crippen molar-refractivity contribution < 1.29 is 9.53 Å². The number of amides is 1. The van der Waals surface area contributed by atoms with Crippen molar-refractivity contribution in [1.82, 2.24) is 25.1 Å². The van der Waals surface area contributed by atoms with Crippen LogP contribution in [0, 0.1) is 0 Å². The number of benzene rings is 1. The summed E-state index contributed by atoms with van der Waals surface area (Å²) in [5.41, 5.74) is 7.29. The van der Waals surface area contributed by atoms with Gasteiger partial charge in [-0.25, -0.2) is 9.97 Å². The molecule has 0 spiro atoms. The highest BCUT2D eigenvalue weighted by Gasteiger charge is 2.15. The van der Waals surface area contributed by atoms with E-state index in [0.29, 0.717) is 12.3 Å². The van der Waals surface area contributed by atoms with Gasteiger partial charge in [-0.2, -0.15) is 0 Å². The van der Waals surface area contributed by atoms with Crippen molar-refractivity contribution in [3.05, 3.63) is 36.2 Å². The van der Waals surface area contributed by atoms with E-state index in [1.165, 1.54) is 7.05 Å². The molecule has 0 unspecified atom stereocenters. The van der Waals surface area contributed by atoms with E-state index in [4.69, 9.17) is 10.5 Å². The number of hydrogen-bond acceptors (Lipinski definition) is 7. The topological polar surface area (TPSA) is 96.6 Å². The highest BCUT2D eigenvalue weighted by molar-refractivity contribution is 5.96. The Kier molecular flexibility index (Phi) is 6.78. The number of piperazine rings is 1. The highest BCUT2D eigenvalue weighted by atomic mass is 16.5. The van der Waals surface area contributed by atoms with Crippen LogP contribution in [0.3, 0.4) is 0 Å². The Bertz CT molecular complexity index is 805. The molecule has 3 rings (SSSR count). The fourth-order valence-corrected chi connectivity index (χ4v) is 3.19. The third-order valence-electron chi connectivity index (χ3n) is 4.96. The number of aromatic nitrogens is 2. The molecule has 0 aliphatic carbocycles. The van der Waals surface area contributed by atoms with Crippen LogP contribution in [0.5, 0.6) is 5.75 Å². The van der Waals surface area contributed by atoms with Crippen molar-refractivity contribution >= 4 is 11.7 Å². The second-order valence-corrected chi connectivity index (χ2v) is 6.72. The Labute approximate surface area is 165 Å². The number of hydrogen-bond donors (Lipinski definition) is 2. The monoisotopic (exact) mass is 384 g/mol. The van der Waals surface area contributed by atoms with E-state index in [1.54, 1.807) is 6.20 Å². The lowest BCUT2D eigenvalue weighted by Crippen LogP contribution is -2.47. The first-order valence-corrected chi connectivity index (χ1v) is 9.63. The lowest BCUT2D eigenvalue weighted by molar-refractivity contribution is 0.0959. The van der Waals surface area contributed by atoms with Crippen molar-refractivity contribution in [2.24, 2.45) is 0 Å². The van der Waals surface area contributed by atoms with Gasteiger partial charge in [0, 0.05) is 45.3 Å². The van der Waals surface area contributed by atoms with Crippen LogP contribution >= 0.6 is 0 Å². The molecule has 2 heterocycles. The highest BCUT2D eigenvalue weighted by Crippen LogP contribution is 2.23. The average molecular weight is 384 g/mol. The zero-order valence-electron chi connectivity index (χ0n) is 16.5. The fraction of sp³-hybridized carbons (Fsp3) is 0.450. The molecule has 0 bridgehead atoms. The molecule has 1 aromatic carbocycles. The van der Waals surface area contributed by atoms with Gasteiger partial charge >= 0.3 is 0 Å². The largest absolute Gasteiger partial charge is 0.492 e. The van der Waals surface area contributed by atoms with E-state index in [2.05, 4.69) is 32.0 Å². The van der Waals surface area contributed by atoms with Gasteiger partial charge in [-0.05, 0) is 18.7 Å². The molecule has 1 fully saturated rings. The third kappa shape index (κ3) is 4.96. The molecular weight excluding hydrogens is 356 g/mol. The minimum absolute atomic E-state index is 0.110. The number of nitrogen functional groups attached to an aromatic ring is 1. The van der Waals surface area contributed by atoms with Crippen LogP contribution < -0.4 is 15.8 Å². The van der Waals surface area contributed by atoms with Gasteiger partial charge in [-0.15, -0.1) is 0 Å². The number of anilines is 1. The van der Waals surface area contributed by atoms with Gasteiger partial charge in [-0.3, -0.25) is 9.69 Å². The summed E-state index contributed by atoms with van der Waals surface area (Å²) in [4.78, 5) is 25.2. The lowest BCUT2D eigenvalue weighted by atomic mass is 10.1. The zero-order valence-corrected chi connectivity index (χ0v) is 16.5. The Hall–Kier alpha value is -2.71. The average Bonchev–Trinajstić information content (AvgIpc) is 2.74. The molecule has 3 N–H and O–H groups in total. The van der Waals surface area contributed by atoms with Gasteiger partial charge in [0.15, 0.2) is 11.5 Å². The molecule has 8 nitrogen and oxygen atoms in total. The SMILES string of the molecule is CCN1CCN(CCOc2cccc(-c3cnc(N)c(C(=O)NC)n3)c2)CC1. The minimum atomic E-state index is -0.359. The summed E-state index contributed by atoms with van der Waals surface area (Å²) < 4.78 is 5.94. The number of nitrogens with two attached hydrogens (primary N) is 1. The fourth-order valence-electron chi connectivity index (χ4n) is 3.19.